The second-order valence-corrected chi connectivity index (χ2v) is 2.88. The van der Waals surface area contributed by atoms with Gasteiger partial charge in [0.1, 0.15) is 6.61 Å². The summed E-state index contributed by atoms with van der Waals surface area (Å²) in [6.07, 6.45) is 7.41. The van der Waals surface area contributed by atoms with Crippen LogP contribution in [0.15, 0.2) is 0 Å². The van der Waals surface area contributed by atoms with Crippen molar-refractivity contribution in [1.29, 1.82) is 0 Å². The molecule has 0 amide bonds. The molecule has 0 aromatic rings. The molecule has 0 aliphatic carbocycles. The van der Waals surface area contributed by atoms with Gasteiger partial charge in [0, 0.05) is 13.2 Å². The van der Waals surface area contributed by atoms with Crippen LogP contribution in [0.4, 0.5) is 0 Å². The lowest BCUT2D eigenvalue weighted by Gasteiger charge is -2.06. The first-order chi connectivity index (χ1) is 5.77. The molecule has 0 aliphatic rings. The fraction of sp³-hybridized carbons (Fsp3) is 0.800. The van der Waals surface area contributed by atoms with Crippen LogP contribution in [0.1, 0.15) is 26.7 Å². The Kier molecular flexibility index (Phi) is 8.20. The predicted octanol–water partition coefficient (Wildman–Crippen LogP) is 1.84. The fourth-order valence-corrected chi connectivity index (χ4v) is 0.756. The molecule has 0 N–H and O–H groups in total. The highest BCUT2D eigenvalue weighted by molar-refractivity contribution is 4.82. The van der Waals surface area contributed by atoms with Crippen molar-refractivity contribution in [3.63, 3.8) is 0 Å². The molecule has 2 nitrogen and oxygen atoms in total. The van der Waals surface area contributed by atoms with Crippen LogP contribution >= 0.6 is 0 Å². The third-order valence-corrected chi connectivity index (χ3v) is 1.32. The van der Waals surface area contributed by atoms with E-state index in [4.69, 9.17) is 15.9 Å². The van der Waals surface area contributed by atoms with Crippen LogP contribution < -0.4 is 0 Å². The van der Waals surface area contributed by atoms with Gasteiger partial charge < -0.3 is 9.47 Å². The van der Waals surface area contributed by atoms with Crippen molar-refractivity contribution in [1.82, 2.24) is 0 Å². The summed E-state index contributed by atoms with van der Waals surface area (Å²) in [5.74, 6) is 2.42. The summed E-state index contributed by atoms with van der Waals surface area (Å²) < 4.78 is 10.5. The molecule has 12 heavy (non-hydrogen) atoms. The number of terminal acetylenes is 1. The van der Waals surface area contributed by atoms with Crippen molar-refractivity contribution >= 4 is 0 Å². The summed E-state index contributed by atoms with van der Waals surface area (Å²) in [6, 6.07) is 0. The van der Waals surface area contributed by atoms with E-state index in [1.54, 1.807) is 0 Å². The van der Waals surface area contributed by atoms with E-state index in [2.05, 4.69) is 5.92 Å². The van der Waals surface area contributed by atoms with Crippen molar-refractivity contribution in [3.8, 4) is 12.3 Å². The second-order valence-electron chi connectivity index (χ2n) is 2.88. The van der Waals surface area contributed by atoms with Crippen LogP contribution in [-0.2, 0) is 9.47 Å². The third kappa shape index (κ3) is 9.48. The van der Waals surface area contributed by atoms with Crippen LogP contribution in [0.3, 0.4) is 0 Å². The van der Waals surface area contributed by atoms with Crippen LogP contribution in [0, 0.1) is 12.3 Å². The maximum atomic E-state index is 5.35. The quantitative estimate of drug-likeness (QED) is 0.429. The highest BCUT2D eigenvalue weighted by Gasteiger charge is 1.92. The van der Waals surface area contributed by atoms with Crippen molar-refractivity contribution in [2.75, 3.05) is 19.8 Å². The number of rotatable bonds is 7. The lowest BCUT2D eigenvalue weighted by molar-refractivity contribution is 0.0693. The molecule has 0 saturated carbocycles. The molecule has 0 saturated heterocycles. The summed E-state index contributed by atoms with van der Waals surface area (Å²) in [7, 11) is 0. The van der Waals surface area contributed by atoms with Crippen LogP contribution in [0.25, 0.3) is 0 Å². The molecule has 0 atom stereocenters. The molecule has 0 spiro atoms. The summed E-state index contributed by atoms with van der Waals surface area (Å²) in [5.41, 5.74) is 0. The van der Waals surface area contributed by atoms with Gasteiger partial charge >= 0.3 is 0 Å². The molecule has 0 fully saturated rings. The summed E-state index contributed by atoms with van der Waals surface area (Å²) in [6.45, 7) is 6.05. The second kappa shape index (κ2) is 8.58. The lowest BCUT2D eigenvalue weighted by atomic mass is 10.3. The SMILES string of the molecule is C#CCOCCCCOC(C)C. The van der Waals surface area contributed by atoms with E-state index < -0.39 is 0 Å². The van der Waals surface area contributed by atoms with E-state index in [0.29, 0.717) is 12.7 Å². The molecule has 0 heterocycles. The van der Waals surface area contributed by atoms with Gasteiger partial charge in [-0.25, -0.2) is 0 Å². The number of unbranched alkanes of at least 4 members (excludes halogenated alkanes) is 1. The zero-order chi connectivity index (χ0) is 9.23. The van der Waals surface area contributed by atoms with Gasteiger partial charge in [-0.3, -0.25) is 0 Å². The standard InChI is InChI=1S/C10H18O2/c1-4-7-11-8-5-6-9-12-10(2)3/h1,10H,5-9H2,2-3H3. The van der Waals surface area contributed by atoms with E-state index in [0.717, 1.165) is 26.1 Å². The Hall–Kier alpha value is -0.520. The van der Waals surface area contributed by atoms with Crippen molar-refractivity contribution in [2.45, 2.75) is 32.8 Å². The molecular weight excluding hydrogens is 152 g/mol. The Balaban J connectivity index is 2.87. The van der Waals surface area contributed by atoms with Crippen molar-refractivity contribution in [3.05, 3.63) is 0 Å². The zero-order valence-corrected chi connectivity index (χ0v) is 8.01. The summed E-state index contributed by atoms with van der Waals surface area (Å²) >= 11 is 0. The molecule has 0 radical (unpaired) electrons. The topological polar surface area (TPSA) is 18.5 Å². The molecule has 0 rings (SSSR count). The largest absolute Gasteiger partial charge is 0.379 e. The van der Waals surface area contributed by atoms with E-state index in [-0.39, 0.29) is 0 Å². The lowest BCUT2D eigenvalue weighted by Crippen LogP contribution is -2.05. The molecule has 0 aliphatic heterocycles. The molecule has 0 bridgehead atoms. The first-order valence-electron chi connectivity index (χ1n) is 4.40. The van der Waals surface area contributed by atoms with Crippen LogP contribution in [-0.4, -0.2) is 25.9 Å². The summed E-state index contributed by atoms with van der Waals surface area (Å²) in [4.78, 5) is 0. The fourth-order valence-electron chi connectivity index (χ4n) is 0.756. The number of ether oxygens (including phenoxy) is 2. The Morgan fingerprint density at radius 1 is 1.25 bits per heavy atom. The maximum Gasteiger partial charge on any atom is 0.107 e. The first-order valence-corrected chi connectivity index (χ1v) is 4.40. The van der Waals surface area contributed by atoms with E-state index in [9.17, 15) is 0 Å². The maximum absolute atomic E-state index is 5.35. The first kappa shape index (κ1) is 11.5. The predicted molar refractivity (Wildman–Crippen MR) is 50.0 cm³/mol. The van der Waals surface area contributed by atoms with Gasteiger partial charge in [0.05, 0.1) is 6.10 Å². The molecule has 0 aromatic carbocycles. The molecule has 0 unspecified atom stereocenters. The van der Waals surface area contributed by atoms with E-state index in [1.165, 1.54) is 0 Å². The van der Waals surface area contributed by atoms with E-state index in [1.807, 2.05) is 13.8 Å². The van der Waals surface area contributed by atoms with Gasteiger partial charge in [-0.1, -0.05) is 5.92 Å². The smallest absolute Gasteiger partial charge is 0.107 e. The van der Waals surface area contributed by atoms with Crippen molar-refractivity contribution < 1.29 is 9.47 Å². The van der Waals surface area contributed by atoms with Gasteiger partial charge in [-0.05, 0) is 26.7 Å². The molecule has 70 valence electrons. The molecule has 0 aromatic heterocycles. The van der Waals surface area contributed by atoms with Gasteiger partial charge in [-0.2, -0.15) is 0 Å². The Morgan fingerprint density at radius 3 is 2.50 bits per heavy atom. The van der Waals surface area contributed by atoms with Gasteiger partial charge in [0.15, 0.2) is 0 Å². The Morgan fingerprint density at radius 2 is 1.92 bits per heavy atom. The minimum atomic E-state index is 0.330. The number of hydrogen-bond donors (Lipinski definition) is 0. The monoisotopic (exact) mass is 170 g/mol. The van der Waals surface area contributed by atoms with Gasteiger partial charge in [-0.15, -0.1) is 6.42 Å². The van der Waals surface area contributed by atoms with Gasteiger partial charge in [0.25, 0.3) is 0 Å². The van der Waals surface area contributed by atoms with Crippen LogP contribution in [0.5, 0.6) is 0 Å². The molecular formula is C10H18O2. The average Bonchev–Trinajstić information content (AvgIpc) is 2.02. The number of hydrogen-bond acceptors (Lipinski definition) is 2. The Bertz CT molecular complexity index is 124. The minimum Gasteiger partial charge on any atom is -0.379 e. The average molecular weight is 170 g/mol. The molecule has 2 heteroatoms. The highest BCUT2D eigenvalue weighted by Crippen LogP contribution is 1.94. The Labute approximate surface area is 75.3 Å². The van der Waals surface area contributed by atoms with Gasteiger partial charge in [0.2, 0.25) is 0 Å². The zero-order valence-electron chi connectivity index (χ0n) is 8.01. The summed E-state index contributed by atoms with van der Waals surface area (Å²) in [5, 5.41) is 0. The van der Waals surface area contributed by atoms with Crippen molar-refractivity contribution in [2.24, 2.45) is 0 Å². The van der Waals surface area contributed by atoms with E-state index >= 15 is 0 Å². The normalized spacial score (nSPS) is 10.2. The third-order valence-electron chi connectivity index (χ3n) is 1.32. The van der Waals surface area contributed by atoms with Crippen LogP contribution in [0.2, 0.25) is 0 Å². The minimum absolute atomic E-state index is 0.330. The highest BCUT2D eigenvalue weighted by atomic mass is 16.5.